The van der Waals surface area contributed by atoms with Gasteiger partial charge < -0.3 is 20.1 Å². The number of rotatable bonds is 8. The molecule has 3 aromatic carbocycles. The first-order valence-corrected chi connectivity index (χ1v) is 11.2. The molecule has 9 nitrogen and oxygen atoms in total. The predicted molar refractivity (Wildman–Crippen MR) is 139 cm³/mol. The number of methoxy groups -OCH3 is 1. The summed E-state index contributed by atoms with van der Waals surface area (Å²) in [6, 6.07) is 17.1. The SMILES string of the molecule is COc1cc(/C=N\NC(=O)C(=O)Nc2c(C)cccc2C)ccc1OCC(=O)Nc1ccc(Cl)cc1. The highest BCUT2D eigenvalue weighted by atomic mass is 35.5. The Kier molecular flexibility index (Phi) is 9.01. The van der Waals surface area contributed by atoms with E-state index in [4.69, 9.17) is 21.1 Å². The first-order valence-electron chi connectivity index (χ1n) is 10.8. The zero-order chi connectivity index (χ0) is 26.1. The number of nitrogens with one attached hydrogen (secondary N) is 3. The van der Waals surface area contributed by atoms with E-state index in [9.17, 15) is 14.4 Å². The Bertz CT molecular complexity index is 1270. The first-order chi connectivity index (χ1) is 17.3. The normalized spacial score (nSPS) is 10.6. The predicted octanol–water partition coefficient (Wildman–Crippen LogP) is 4.07. The van der Waals surface area contributed by atoms with Crippen LogP contribution < -0.4 is 25.5 Å². The summed E-state index contributed by atoms with van der Waals surface area (Å²) in [6.07, 6.45) is 1.35. The number of aryl methyl sites for hydroxylation is 2. The number of amides is 3. The number of carbonyl (C=O) groups is 3. The number of para-hydroxylation sites is 1. The molecule has 36 heavy (non-hydrogen) atoms. The molecule has 0 aromatic heterocycles. The lowest BCUT2D eigenvalue weighted by Crippen LogP contribution is -2.32. The molecule has 3 aromatic rings. The van der Waals surface area contributed by atoms with Gasteiger partial charge in [-0.25, -0.2) is 5.43 Å². The van der Waals surface area contributed by atoms with Crippen LogP contribution in [0.3, 0.4) is 0 Å². The zero-order valence-corrected chi connectivity index (χ0v) is 20.7. The maximum atomic E-state index is 12.2. The summed E-state index contributed by atoms with van der Waals surface area (Å²) in [5.41, 5.74) is 5.63. The van der Waals surface area contributed by atoms with Gasteiger partial charge in [0.15, 0.2) is 18.1 Å². The highest BCUT2D eigenvalue weighted by molar-refractivity contribution is 6.39. The van der Waals surface area contributed by atoms with Crippen LogP contribution in [0.1, 0.15) is 16.7 Å². The summed E-state index contributed by atoms with van der Waals surface area (Å²) in [6.45, 7) is 3.44. The average Bonchev–Trinajstić information content (AvgIpc) is 2.86. The molecule has 0 aliphatic heterocycles. The average molecular weight is 509 g/mol. The molecule has 0 aliphatic rings. The molecule has 0 fully saturated rings. The number of anilines is 2. The maximum Gasteiger partial charge on any atom is 0.329 e. The largest absolute Gasteiger partial charge is 0.493 e. The van der Waals surface area contributed by atoms with Gasteiger partial charge in [-0.15, -0.1) is 0 Å². The second kappa shape index (κ2) is 12.4. The van der Waals surface area contributed by atoms with Crippen molar-refractivity contribution in [2.45, 2.75) is 13.8 Å². The van der Waals surface area contributed by atoms with Gasteiger partial charge in [0.2, 0.25) is 0 Å². The zero-order valence-electron chi connectivity index (χ0n) is 19.9. The van der Waals surface area contributed by atoms with Gasteiger partial charge >= 0.3 is 11.8 Å². The van der Waals surface area contributed by atoms with E-state index in [0.29, 0.717) is 33.5 Å². The molecular formula is C26H25ClN4O5. The van der Waals surface area contributed by atoms with Gasteiger partial charge in [-0.3, -0.25) is 14.4 Å². The molecule has 0 bridgehead atoms. The smallest absolute Gasteiger partial charge is 0.329 e. The number of hydrazone groups is 1. The van der Waals surface area contributed by atoms with Crippen molar-refractivity contribution in [2.75, 3.05) is 24.4 Å². The molecule has 3 rings (SSSR count). The third-order valence-electron chi connectivity index (χ3n) is 4.98. The quantitative estimate of drug-likeness (QED) is 0.241. The van der Waals surface area contributed by atoms with Crippen molar-refractivity contribution in [3.8, 4) is 11.5 Å². The van der Waals surface area contributed by atoms with Crippen molar-refractivity contribution in [3.63, 3.8) is 0 Å². The molecule has 3 N–H and O–H groups in total. The van der Waals surface area contributed by atoms with Gasteiger partial charge in [0.1, 0.15) is 0 Å². The van der Waals surface area contributed by atoms with Crippen LogP contribution in [0, 0.1) is 13.8 Å². The minimum atomic E-state index is -0.910. The summed E-state index contributed by atoms with van der Waals surface area (Å²) in [5.74, 6) is -1.39. The third-order valence-corrected chi connectivity index (χ3v) is 5.23. The number of halogens is 1. The summed E-state index contributed by atoms with van der Waals surface area (Å²) >= 11 is 5.84. The van der Waals surface area contributed by atoms with Crippen molar-refractivity contribution in [1.82, 2.24) is 5.43 Å². The Morgan fingerprint density at radius 3 is 2.28 bits per heavy atom. The highest BCUT2D eigenvalue weighted by Gasteiger charge is 2.15. The van der Waals surface area contributed by atoms with E-state index in [2.05, 4.69) is 21.2 Å². The van der Waals surface area contributed by atoms with E-state index in [0.717, 1.165) is 11.1 Å². The van der Waals surface area contributed by atoms with E-state index in [1.165, 1.54) is 13.3 Å². The molecule has 0 unspecified atom stereocenters. The molecule has 0 aliphatic carbocycles. The lowest BCUT2D eigenvalue weighted by atomic mass is 10.1. The molecule has 186 valence electrons. The van der Waals surface area contributed by atoms with E-state index in [1.807, 2.05) is 32.0 Å². The van der Waals surface area contributed by atoms with Crippen molar-refractivity contribution < 1.29 is 23.9 Å². The highest BCUT2D eigenvalue weighted by Crippen LogP contribution is 2.27. The number of benzene rings is 3. The van der Waals surface area contributed by atoms with Crippen LogP contribution in [0.2, 0.25) is 5.02 Å². The van der Waals surface area contributed by atoms with Crippen LogP contribution in [0.5, 0.6) is 11.5 Å². The molecule has 0 saturated carbocycles. The fraction of sp³-hybridized carbons (Fsp3) is 0.154. The van der Waals surface area contributed by atoms with Gasteiger partial charge in [-0.05, 0) is 73.0 Å². The van der Waals surface area contributed by atoms with Gasteiger partial charge in [0, 0.05) is 16.4 Å². The van der Waals surface area contributed by atoms with Gasteiger partial charge in [-0.2, -0.15) is 5.10 Å². The molecule has 3 amide bonds. The second-order valence-electron chi connectivity index (χ2n) is 7.67. The maximum absolute atomic E-state index is 12.2. The second-order valence-corrected chi connectivity index (χ2v) is 8.11. The van der Waals surface area contributed by atoms with Crippen LogP contribution in [-0.2, 0) is 14.4 Å². The molecule has 10 heteroatoms. The Labute approximate surface area is 213 Å². The van der Waals surface area contributed by atoms with Crippen LogP contribution >= 0.6 is 11.6 Å². The summed E-state index contributed by atoms with van der Waals surface area (Å²) in [7, 11) is 1.45. The summed E-state index contributed by atoms with van der Waals surface area (Å²) in [4.78, 5) is 36.4. The van der Waals surface area contributed by atoms with Crippen LogP contribution in [0.4, 0.5) is 11.4 Å². The Balaban J connectivity index is 1.54. The Morgan fingerprint density at radius 2 is 1.61 bits per heavy atom. The van der Waals surface area contributed by atoms with Gasteiger partial charge in [0.25, 0.3) is 5.91 Å². The van der Waals surface area contributed by atoms with Gasteiger partial charge in [-0.1, -0.05) is 29.8 Å². The van der Waals surface area contributed by atoms with E-state index in [1.54, 1.807) is 42.5 Å². The minimum Gasteiger partial charge on any atom is -0.493 e. The lowest BCUT2D eigenvalue weighted by molar-refractivity contribution is -0.136. The Hall–Kier alpha value is -4.37. The van der Waals surface area contributed by atoms with Crippen molar-refractivity contribution >= 4 is 46.9 Å². The number of hydrogen-bond donors (Lipinski definition) is 3. The third kappa shape index (κ3) is 7.31. The van der Waals surface area contributed by atoms with E-state index in [-0.39, 0.29) is 12.5 Å². The Morgan fingerprint density at radius 1 is 0.917 bits per heavy atom. The van der Waals surface area contributed by atoms with E-state index >= 15 is 0 Å². The fourth-order valence-corrected chi connectivity index (χ4v) is 3.28. The van der Waals surface area contributed by atoms with Crippen LogP contribution in [0.15, 0.2) is 65.8 Å². The van der Waals surface area contributed by atoms with Crippen LogP contribution in [0.25, 0.3) is 0 Å². The number of nitrogens with zero attached hydrogens (tertiary/aromatic N) is 1. The van der Waals surface area contributed by atoms with E-state index < -0.39 is 11.8 Å². The topological polar surface area (TPSA) is 118 Å². The number of hydrogen-bond acceptors (Lipinski definition) is 6. The molecular weight excluding hydrogens is 484 g/mol. The first kappa shape index (κ1) is 26.2. The summed E-state index contributed by atoms with van der Waals surface area (Å²) < 4.78 is 10.9. The molecule has 0 radical (unpaired) electrons. The fourth-order valence-electron chi connectivity index (χ4n) is 3.16. The molecule has 0 atom stereocenters. The molecule has 0 heterocycles. The minimum absolute atomic E-state index is 0.238. The molecule has 0 saturated heterocycles. The number of carbonyl (C=O) groups excluding carboxylic acids is 3. The van der Waals surface area contributed by atoms with Crippen molar-refractivity contribution in [1.29, 1.82) is 0 Å². The van der Waals surface area contributed by atoms with Gasteiger partial charge in [0.05, 0.1) is 13.3 Å². The van der Waals surface area contributed by atoms with Crippen LogP contribution in [-0.4, -0.2) is 37.7 Å². The lowest BCUT2D eigenvalue weighted by Gasteiger charge is -2.11. The standard InChI is InChI=1S/C26H25ClN4O5/c1-16-5-4-6-17(2)24(16)30-25(33)26(34)31-28-14-18-7-12-21(22(13-18)35-3)36-15-23(32)29-20-10-8-19(27)9-11-20/h4-14H,15H2,1-3H3,(H,29,32)(H,30,33)(H,31,34)/b28-14-. The summed E-state index contributed by atoms with van der Waals surface area (Å²) in [5, 5.41) is 9.69. The van der Waals surface area contributed by atoms with Crippen molar-refractivity contribution in [3.05, 3.63) is 82.4 Å². The van der Waals surface area contributed by atoms with Crippen molar-refractivity contribution in [2.24, 2.45) is 5.10 Å². The monoisotopic (exact) mass is 508 g/mol. The molecule has 0 spiro atoms. The number of ether oxygens (including phenoxy) is 2.